The monoisotopic (exact) mass is 229 g/mol. The van der Waals surface area contributed by atoms with E-state index in [1.54, 1.807) is 7.05 Å². The number of amides is 1. The summed E-state index contributed by atoms with van der Waals surface area (Å²) in [6.07, 6.45) is 1.73. The molecule has 92 valence electrons. The lowest BCUT2D eigenvalue weighted by Crippen LogP contribution is -2.37. The first kappa shape index (κ1) is 13.0. The molecule has 1 aliphatic rings. The van der Waals surface area contributed by atoms with Crippen molar-refractivity contribution in [2.45, 2.75) is 38.4 Å². The van der Waals surface area contributed by atoms with Crippen molar-refractivity contribution in [1.82, 2.24) is 4.90 Å². The first-order chi connectivity index (χ1) is 7.54. The molecule has 1 amide bonds. The lowest BCUT2D eigenvalue weighted by atomic mass is 10.2. The van der Waals surface area contributed by atoms with Crippen molar-refractivity contribution in [3.8, 4) is 0 Å². The summed E-state index contributed by atoms with van der Waals surface area (Å²) in [6.45, 7) is 2.33. The van der Waals surface area contributed by atoms with Gasteiger partial charge in [-0.25, -0.2) is 0 Å². The van der Waals surface area contributed by atoms with Crippen molar-refractivity contribution in [1.29, 1.82) is 0 Å². The highest BCUT2D eigenvalue weighted by Crippen LogP contribution is 2.20. The minimum atomic E-state index is -0.336. The number of nitrogens with zero attached hydrogens (tertiary/aromatic N) is 1. The van der Waals surface area contributed by atoms with E-state index < -0.39 is 0 Å². The van der Waals surface area contributed by atoms with Gasteiger partial charge in [-0.2, -0.15) is 0 Å². The summed E-state index contributed by atoms with van der Waals surface area (Å²) in [5, 5.41) is 0. The number of likely N-dealkylation sites (N-methyl/N-ethyl adjacent to an activating group) is 1. The molecular weight excluding hydrogens is 210 g/mol. The van der Waals surface area contributed by atoms with Crippen molar-refractivity contribution < 1.29 is 19.1 Å². The summed E-state index contributed by atoms with van der Waals surface area (Å²) in [5.41, 5.74) is 0. The van der Waals surface area contributed by atoms with Crippen molar-refractivity contribution in [2.75, 3.05) is 20.7 Å². The van der Waals surface area contributed by atoms with Crippen LogP contribution in [-0.2, 0) is 19.1 Å². The summed E-state index contributed by atoms with van der Waals surface area (Å²) in [5.74, 6) is -0.353. The van der Waals surface area contributed by atoms with Crippen LogP contribution in [0.15, 0.2) is 0 Å². The highest BCUT2D eigenvalue weighted by molar-refractivity contribution is 5.81. The summed E-state index contributed by atoms with van der Waals surface area (Å²) in [7, 11) is 3.02. The third kappa shape index (κ3) is 3.48. The predicted octanol–water partition coefficient (Wildman–Crippen LogP) is 0.575. The Morgan fingerprint density at radius 1 is 1.44 bits per heavy atom. The summed E-state index contributed by atoms with van der Waals surface area (Å²) >= 11 is 0. The molecule has 0 aromatic rings. The number of methoxy groups -OCH3 is 1. The second-order valence-electron chi connectivity index (χ2n) is 4.10. The molecule has 1 aliphatic heterocycles. The Kier molecular flexibility index (Phi) is 4.73. The van der Waals surface area contributed by atoms with Gasteiger partial charge in [-0.05, 0) is 19.8 Å². The van der Waals surface area contributed by atoms with Crippen LogP contribution < -0.4 is 0 Å². The fourth-order valence-electron chi connectivity index (χ4n) is 1.70. The summed E-state index contributed by atoms with van der Waals surface area (Å²) < 4.78 is 9.98. The van der Waals surface area contributed by atoms with Gasteiger partial charge in [-0.15, -0.1) is 0 Å². The molecule has 1 heterocycles. The molecule has 1 fully saturated rings. The first-order valence-corrected chi connectivity index (χ1v) is 5.52. The number of esters is 1. The quantitative estimate of drug-likeness (QED) is 0.661. The van der Waals surface area contributed by atoms with Crippen molar-refractivity contribution in [2.24, 2.45) is 0 Å². The van der Waals surface area contributed by atoms with Gasteiger partial charge in [0.1, 0.15) is 6.10 Å². The Hall–Kier alpha value is -1.10. The maximum Gasteiger partial charge on any atom is 0.307 e. The van der Waals surface area contributed by atoms with Gasteiger partial charge in [0.15, 0.2) is 0 Å². The molecular formula is C11H19NO4. The van der Waals surface area contributed by atoms with Crippen molar-refractivity contribution >= 4 is 11.9 Å². The van der Waals surface area contributed by atoms with Gasteiger partial charge in [0.05, 0.1) is 19.6 Å². The average Bonchev–Trinajstić information content (AvgIpc) is 2.71. The molecule has 16 heavy (non-hydrogen) atoms. The molecule has 5 heteroatoms. The summed E-state index contributed by atoms with van der Waals surface area (Å²) in [4.78, 5) is 24.3. The van der Waals surface area contributed by atoms with Crippen LogP contribution in [0.1, 0.15) is 26.2 Å². The highest BCUT2D eigenvalue weighted by Gasteiger charge is 2.30. The Labute approximate surface area is 95.7 Å². The zero-order valence-corrected chi connectivity index (χ0v) is 10.1. The smallest absolute Gasteiger partial charge is 0.307 e. The summed E-state index contributed by atoms with van der Waals surface area (Å²) in [6, 6.07) is 0. The van der Waals surface area contributed by atoms with Crippen LogP contribution in [0.3, 0.4) is 0 Å². The standard InChI is InChI=1S/C11H19NO4/c1-8-4-5-9(16-8)11(14)12(2)7-6-10(13)15-3/h8-9H,4-7H2,1-3H3. The number of carbonyl (C=O) groups is 2. The molecule has 2 atom stereocenters. The number of hydrogen-bond acceptors (Lipinski definition) is 4. The maximum absolute atomic E-state index is 11.8. The second-order valence-corrected chi connectivity index (χ2v) is 4.10. The van der Waals surface area contributed by atoms with Gasteiger partial charge < -0.3 is 14.4 Å². The molecule has 1 saturated heterocycles. The van der Waals surface area contributed by atoms with Crippen LogP contribution in [0, 0.1) is 0 Å². The van der Waals surface area contributed by atoms with E-state index in [2.05, 4.69) is 4.74 Å². The van der Waals surface area contributed by atoms with Crippen molar-refractivity contribution in [3.63, 3.8) is 0 Å². The number of carbonyl (C=O) groups excluding carboxylic acids is 2. The van der Waals surface area contributed by atoms with E-state index in [9.17, 15) is 9.59 Å². The normalized spacial score (nSPS) is 24.2. The van der Waals surface area contributed by atoms with Gasteiger partial charge in [0.2, 0.25) is 0 Å². The molecule has 0 bridgehead atoms. The minimum Gasteiger partial charge on any atom is -0.469 e. The Balaban J connectivity index is 2.33. The van der Waals surface area contributed by atoms with Crippen LogP contribution >= 0.6 is 0 Å². The molecule has 0 aromatic carbocycles. The van der Waals surface area contributed by atoms with E-state index >= 15 is 0 Å². The highest BCUT2D eigenvalue weighted by atomic mass is 16.5. The molecule has 0 saturated carbocycles. The van der Waals surface area contributed by atoms with Crippen LogP contribution in [0.4, 0.5) is 0 Å². The second kappa shape index (κ2) is 5.84. The zero-order chi connectivity index (χ0) is 12.1. The van der Waals surface area contributed by atoms with Gasteiger partial charge in [-0.3, -0.25) is 9.59 Å². The van der Waals surface area contributed by atoms with E-state index in [0.717, 1.165) is 12.8 Å². The molecule has 5 nitrogen and oxygen atoms in total. The van der Waals surface area contributed by atoms with Crippen LogP contribution in [0.5, 0.6) is 0 Å². The van der Waals surface area contributed by atoms with Gasteiger partial charge in [0, 0.05) is 13.6 Å². The molecule has 0 aromatic heterocycles. The topological polar surface area (TPSA) is 55.8 Å². The Morgan fingerprint density at radius 3 is 2.62 bits per heavy atom. The lowest BCUT2D eigenvalue weighted by molar-refractivity contribution is -0.144. The molecule has 0 radical (unpaired) electrons. The minimum absolute atomic E-state index is 0.0479. The van der Waals surface area contributed by atoms with Gasteiger partial charge >= 0.3 is 5.97 Å². The number of ether oxygens (including phenoxy) is 2. The molecule has 0 aliphatic carbocycles. The fraction of sp³-hybridized carbons (Fsp3) is 0.818. The molecule has 1 rings (SSSR count). The Bertz CT molecular complexity index is 267. The lowest BCUT2D eigenvalue weighted by Gasteiger charge is -2.20. The maximum atomic E-state index is 11.8. The van der Waals surface area contributed by atoms with Crippen LogP contribution in [-0.4, -0.2) is 49.7 Å². The van der Waals surface area contributed by atoms with Gasteiger partial charge in [0.25, 0.3) is 5.91 Å². The van der Waals surface area contributed by atoms with E-state index in [-0.39, 0.29) is 30.5 Å². The third-order valence-corrected chi connectivity index (χ3v) is 2.76. The van der Waals surface area contributed by atoms with Crippen LogP contribution in [0.25, 0.3) is 0 Å². The number of rotatable bonds is 4. The first-order valence-electron chi connectivity index (χ1n) is 5.52. The molecule has 0 N–H and O–H groups in total. The fourth-order valence-corrected chi connectivity index (χ4v) is 1.70. The predicted molar refractivity (Wildman–Crippen MR) is 57.8 cm³/mol. The number of hydrogen-bond donors (Lipinski definition) is 0. The molecule has 2 unspecified atom stereocenters. The van der Waals surface area contributed by atoms with E-state index in [0.29, 0.717) is 6.54 Å². The van der Waals surface area contributed by atoms with E-state index in [1.807, 2.05) is 6.92 Å². The van der Waals surface area contributed by atoms with E-state index in [4.69, 9.17) is 4.74 Å². The van der Waals surface area contributed by atoms with Crippen LogP contribution in [0.2, 0.25) is 0 Å². The largest absolute Gasteiger partial charge is 0.469 e. The zero-order valence-electron chi connectivity index (χ0n) is 10.1. The molecule has 0 spiro atoms. The average molecular weight is 229 g/mol. The Morgan fingerprint density at radius 2 is 2.12 bits per heavy atom. The SMILES string of the molecule is COC(=O)CCN(C)C(=O)C1CCC(C)O1. The van der Waals surface area contributed by atoms with Gasteiger partial charge in [-0.1, -0.05) is 0 Å². The van der Waals surface area contributed by atoms with Crippen molar-refractivity contribution in [3.05, 3.63) is 0 Å². The third-order valence-electron chi connectivity index (χ3n) is 2.76. The van der Waals surface area contributed by atoms with E-state index in [1.165, 1.54) is 12.0 Å².